The first-order valence-electron chi connectivity index (χ1n) is 4.96. The number of nitrogens with zero attached hydrogens (tertiary/aromatic N) is 1. The van der Waals surface area contributed by atoms with Crippen LogP contribution in [0.5, 0.6) is 0 Å². The van der Waals surface area contributed by atoms with E-state index in [1.54, 1.807) is 4.90 Å². The molecule has 1 aromatic rings. The van der Waals surface area contributed by atoms with Crippen LogP contribution >= 0.6 is 0 Å². The Balaban J connectivity index is 2.60. The minimum Gasteiger partial charge on any atom is -0.315 e. The van der Waals surface area contributed by atoms with E-state index in [1.165, 1.54) is 16.7 Å². The van der Waals surface area contributed by atoms with Gasteiger partial charge in [0.25, 0.3) is 0 Å². The monoisotopic (exact) mass is 189 g/mol. The third-order valence-corrected chi connectivity index (χ3v) is 2.84. The van der Waals surface area contributed by atoms with Crippen molar-refractivity contribution in [1.82, 2.24) is 0 Å². The van der Waals surface area contributed by atoms with Crippen LogP contribution in [0.2, 0.25) is 0 Å². The summed E-state index contributed by atoms with van der Waals surface area (Å²) in [6, 6.07) is 4.32. The molecule has 14 heavy (non-hydrogen) atoms. The Morgan fingerprint density at radius 3 is 2.64 bits per heavy atom. The van der Waals surface area contributed by atoms with Crippen LogP contribution in [0.1, 0.15) is 23.1 Å². The molecule has 1 aliphatic rings. The van der Waals surface area contributed by atoms with Crippen molar-refractivity contribution >= 4 is 11.6 Å². The van der Waals surface area contributed by atoms with E-state index in [2.05, 4.69) is 26.0 Å². The molecule has 1 amide bonds. The van der Waals surface area contributed by atoms with E-state index in [0.717, 1.165) is 12.1 Å². The van der Waals surface area contributed by atoms with E-state index < -0.39 is 0 Å². The minimum atomic E-state index is 0.226. The number of fused-ring (bicyclic) bond motifs is 1. The van der Waals surface area contributed by atoms with Gasteiger partial charge in [-0.1, -0.05) is 17.7 Å². The van der Waals surface area contributed by atoms with Crippen LogP contribution in [-0.2, 0) is 11.2 Å². The summed E-state index contributed by atoms with van der Waals surface area (Å²) in [4.78, 5) is 13.3. The zero-order chi connectivity index (χ0) is 10.3. The Labute approximate surface area is 84.5 Å². The zero-order valence-electron chi connectivity index (χ0n) is 8.92. The quantitative estimate of drug-likeness (QED) is 0.612. The molecule has 2 nitrogen and oxygen atoms in total. The standard InChI is InChI=1S/C12H15NO/c1-8-6-9(2)12-10(7-8)4-5-11(14)13(12)3/h6-7H,4-5H2,1-3H3. The minimum absolute atomic E-state index is 0.226. The molecule has 0 aliphatic carbocycles. The lowest BCUT2D eigenvalue weighted by Crippen LogP contribution is -2.31. The largest absolute Gasteiger partial charge is 0.315 e. The fourth-order valence-corrected chi connectivity index (χ4v) is 2.25. The fraction of sp³-hybridized carbons (Fsp3) is 0.417. The summed E-state index contributed by atoms with van der Waals surface area (Å²) in [6.45, 7) is 4.17. The SMILES string of the molecule is Cc1cc(C)c2c(c1)CCC(=O)N2C. The second kappa shape index (κ2) is 3.12. The molecule has 0 saturated heterocycles. The van der Waals surface area contributed by atoms with Crippen LogP contribution < -0.4 is 4.90 Å². The van der Waals surface area contributed by atoms with Gasteiger partial charge in [-0.3, -0.25) is 4.79 Å². The van der Waals surface area contributed by atoms with Crippen molar-refractivity contribution in [3.8, 4) is 0 Å². The summed E-state index contributed by atoms with van der Waals surface area (Å²) in [5, 5.41) is 0. The maximum absolute atomic E-state index is 11.5. The molecule has 1 aromatic carbocycles. The predicted octanol–water partition coefficient (Wildman–Crippen LogP) is 2.21. The number of rotatable bonds is 0. The van der Waals surface area contributed by atoms with Crippen LogP contribution in [0.4, 0.5) is 5.69 Å². The van der Waals surface area contributed by atoms with E-state index in [1.807, 2.05) is 7.05 Å². The summed E-state index contributed by atoms with van der Waals surface area (Å²) in [5.74, 6) is 0.226. The number of carbonyl (C=O) groups is 1. The highest BCUT2D eigenvalue weighted by Gasteiger charge is 2.22. The summed E-state index contributed by atoms with van der Waals surface area (Å²) < 4.78 is 0. The molecular weight excluding hydrogens is 174 g/mol. The molecule has 0 unspecified atom stereocenters. The Hall–Kier alpha value is -1.31. The van der Waals surface area contributed by atoms with E-state index in [9.17, 15) is 4.79 Å². The van der Waals surface area contributed by atoms with Crippen LogP contribution in [0, 0.1) is 13.8 Å². The van der Waals surface area contributed by atoms with Crippen LogP contribution in [0.25, 0.3) is 0 Å². The van der Waals surface area contributed by atoms with Crippen molar-refractivity contribution in [1.29, 1.82) is 0 Å². The number of benzene rings is 1. The second-order valence-electron chi connectivity index (χ2n) is 4.04. The molecule has 2 heteroatoms. The average Bonchev–Trinajstić information content (AvgIpc) is 2.10. The maximum Gasteiger partial charge on any atom is 0.227 e. The molecule has 0 atom stereocenters. The zero-order valence-corrected chi connectivity index (χ0v) is 8.92. The van der Waals surface area contributed by atoms with Gasteiger partial charge in [0, 0.05) is 19.2 Å². The van der Waals surface area contributed by atoms with Gasteiger partial charge in [-0.05, 0) is 31.4 Å². The van der Waals surface area contributed by atoms with Crippen molar-refractivity contribution in [3.63, 3.8) is 0 Å². The average molecular weight is 189 g/mol. The topological polar surface area (TPSA) is 20.3 Å². The molecule has 0 N–H and O–H groups in total. The van der Waals surface area contributed by atoms with Gasteiger partial charge in [-0.25, -0.2) is 0 Å². The molecule has 0 radical (unpaired) electrons. The van der Waals surface area contributed by atoms with Gasteiger partial charge in [0.1, 0.15) is 0 Å². The molecule has 1 aliphatic heterocycles. The molecule has 0 spiro atoms. The number of amides is 1. The van der Waals surface area contributed by atoms with E-state index >= 15 is 0 Å². The van der Waals surface area contributed by atoms with Crippen molar-refractivity contribution in [2.45, 2.75) is 26.7 Å². The number of anilines is 1. The van der Waals surface area contributed by atoms with Gasteiger partial charge in [0.2, 0.25) is 5.91 Å². The van der Waals surface area contributed by atoms with Gasteiger partial charge in [-0.15, -0.1) is 0 Å². The highest BCUT2D eigenvalue weighted by molar-refractivity contribution is 5.96. The first-order valence-corrected chi connectivity index (χ1v) is 4.96. The van der Waals surface area contributed by atoms with Crippen molar-refractivity contribution in [3.05, 3.63) is 28.8 Å². The second-order valence-corrected chi connectivity index (χ2v) is 4.04. The predicted molar refractivity (Wildman–Crippen MR) is 57.6 cm³/mol. The number of hydrogen-bond donors (Lipinski definition) is 0. The summed E-state index contributed by atoms with van der Waals surface area (Å²) in [7, 11) is 1.86. The fourth-order valence-electron chi connectivity index (χ4n) is 2.25. The normalized spacial score (nSPS) is 15.6. The molecule has 0 fully saturated rings. The smallest absolute Gasteiger partial charge is 0.227 e. The van der Waals surface area contributed by atoms with Crippen LogP contribution in [-0.4, -0.2) is 13.0 Å². The Morgan fingerprint density at radius 1 is 1.21 bits per heavy atom. The van der Waals surface area contributed by atoms with Gasteiger partial charge >= 0.3 is 0 Å². The molecule has 0 saturated carbocycles. The molecule has 0 bridgehead atoms. The van der Waals surface area contributed by atoms with Gasteiger partial charge in [-0.2, -0.15) is 0 Å². The Morgan fingerprint density at radius 2 is 1.93 bits per heavy atom. The highest BCUT2D eigenvalue weighted by atomic mass is 16.2. The van der Waals surface area contributed by atoms with Crippen molar-refractivity contribution < 1.29 is 4.79 Å². The maximum atomic E-state index is 11.5. The van der Waals surface area contributed by atoms with Gasteiger partial charge < -0.3 is 4.90 Å². The third kappa shape index (κ3) is 1.31. The van der Waals surface area contributed by atoms with E-state index in [0.29, 0.717) is 6.42 Å². The lowest BCUT2D eigenvalue weighted by atomic mass is 9.96. The molecule has 2 rings (SSSR count). The number of aryl methyl sites for hydroxylation is 3. The van der Waals surface area contributed by atoms with Crippen LogP contribution in [0.3, 0.4) is 0 Å². The Bertz CT molecular complexity index is 396. The van der Waals surface area contributed by atoms with Gasteiger partial charge in [0.05, 0.1) is 0 Å². The lowest BCUT2D eigenvalue weighted by Gasteiger charge is -2.27. The molecule has 1 heterocycles. The highest BCUT2D eigenvalue weighted by Crippen LogP contribution is 2.30. The van der Waals surface area contributed by atoms with E-state index in [4.69, 9.17) is 0 Å². The number of carbonyl (C=O) groups excluding carboxylic acids is 1. The molecular formula is C12H15NO. The molecule has 0 aromatic heterocycles. The lowest BCUT2D eigenvalue weighted by molar-refractivity contribution is -0.118. The van der Waals surface area contributed by atoms with Crippen LogP contribution in [0.15, 0.2) is 12.1 Å². The summed E-state index contributed by atoms with van der Waals surface area (Å²) in [6.07, 6.45) is 1.54. The third-order valence-electron chi connectivity index (χ3n) is 2.84. The Kier molecular flexibility index (Phi) is 2.06. The summed E-state index contributed by atoms with van der Waals surface area (Å²) in [5.41, 5.74) is 4.91. The first-order chi connectivity index (χ1) is 6.59. The van der Waals surface area contributed by atoms with Crippen molar-refractivity contribution in [2.24, 2.45) is 0 Å². The number of hydrogen-bond acceptors (Lipinski definition) is 1. The van der Waals surface area contributed by atoms with Crippen molar-refractivity contribution in [2.75, 3.05) is 11.9 Å². The molecule has 74 valence electrons. The first kappa shape index (κ1) is 9.25. The van der Waals surface area contributed by atoms with Gasteiger partial charge in [0.15, 0.2) is 0 Å². The summed E-state index contributed by atoms with van der Waals surface area (Å²) >= 11 is 0. The van der Waals surface area contributed by atoms with E-state index in [-0.39, 0.29) is 5.91 Å².